The highest BCUT2D eigenvalue weighted by Gasteiger charge is 2.11. The van der Waals surface area contributed by atoms with Crippen LogP contribution < -0.4 is 4.74 Å². The fourth-order valence-corrected chi connectivity index (χ4v) is 2.12. The fourth-order valence-electron chi connectivity index (χ4n) is 1.94. The number of aryl methyl sites for hydroxylation is 2. The predicted octanol–water partition coefficient (Wildman–Crippen LogP) is 4.97. The minimum absolute atomic E-state index is 0.205. The topological polar surface area (TPSA) is 35.0 Å². The summed E-state index contributed by atoms with van der Waals surface area (Å²) in [6.45, 7) is 10.2. The lowest BCUT2D eigenvalue weighted by molar-refractivity contribution is 0.453. The molecule has 1 aromatic carbocycles. The van der Waals surface area contributed by atoms with E-state index >= 15 is 0 Å². The Morgan fingerprint density at radius 2 is 1.75 bits per heavy atom. The average molecular weight is 291 g/mol. The normalized spacial score (nSPS) is 10.9. The van der Waals surface area contributed by atoms with E-state index in [9.17, 15) is 0 Å². The maximum Gasteiger partial charge on any atom is 0.224 e. The summed E-state index contributed by atoms with van der Waals surface area (Å²) in [7, 11) is 0. The number of aromatic nitrogens is 2. The lowest BCUT2D eigenvalue weighted by Crippen LogP contribution is -2.00. The van der Waals surface area contributed by atoms with Crippen molar-refractivity contribution in [2.45, 2.75) is 40.5 Å². The molecule has 1 aromatic heterocycles. The van der Waals surface area contributed by atoms with Gasteiger partial charge in [0.05, 0.1) is 0 Å². The van der Waals surface area contributed by atoms with Crippen molar-refractivity contribution in [1.29, 1.82) is 0 Å². The van der Waals surface area contributed by atoms with Crippen molar-refractivity contribution in [1.82, 2.24) is 9.97 Å². The summed E-state index contributed by atoms with van der Waals surface area (Å²) < 4.78 is 5.91. The van der Waals surface area contributed by atoms with Gasteiger partial charge in [-0.2, -0.15) is 4.98 Å². The van der Waals surface area contributed by atoms with Gasteiger partial charge in [0.1, 0.15) is 16.7 Å². The van der Waals surface area contributed by atoms with E-state index in [0.29, 0.717) is 16.9 Å². The van der Waals surface area contributed by atoms with Gasteiger partial charge in [0, 0.05) is 12.0 Å². The zero-order valence-corrected chi connectivity index (χ0v) is 13.2. The summed E-state index contributed by atoms with van der Waals surface area (Å²) in [5.74, 6) is 2.19. The van der Waals surface area contributed by atoms with Gasteiger partial charge in [-0.1, -0.05) is 31.5 Å². The second kappa shape index (κ2) is 5.80. The molecule has 0 aliphatic carbocycles. The maximum atomic E-state index is 6.03. The van der Waals surface area contributed by atoms with Gasteiger partial charge in [0.15, 0.2) is 0 Å². The molecule has 4 heteroatoms. The highest BCUT2D eigenvalue weighted by Crippen LogP contribution is 2.29. The number of hydrogen-bond donors (Lipinski definition) is 0. The molecule has 0 fully saturated rings. The van der Waals surface area contributed by atoms with Crippen LogP contribution in [0.3, 0.4) is 0 Å². The van der Waals surface area contributed by atoms with Gasteiger partial charge in [0.2, 0.25) is 5.88 Å². The third kappa shape index (κ3) is 3.28. The summed E-state index contributed by atoms with van der Waals surface area (Å²) in [5, 5.41) is 0.403. The smallest absolute Gasteiger partial charge is 0.224 e. The van der Waals surface area contributed by atoms with Crippen LogP contribution in [0.5, 0.6) is 11.6 Å². The number of hydrogen-bond acceptors (Lipinski definition) is 3. The molecule has 0 N–H and O–H groups in total. The van der Waals surface area contributed by atoms with Crippen LogP contribution >= 0.6 is 11.6 Å². The number of nitrogens with zero attached hydrogens (tertiary/aromatic N) is 2. The quantitative estimate of drug-likeness (QED) is 0.749. The molecule has 0 bridgehead atoms. The largest absolute Gasteiger partial charge is 0.439 e. The molecule has 20 heavy (non-hydrogen) atoms. The Labute approximate surface area is 125 Å². The molecule has 0 saturated heterocycles. The Balaban J connectivity index is 2.40. The van der Waals surface area contributed by atoms with Gasteiger partial charge >= 0.3 is 0 Å². The van der Waals surface area contributed by atoms with E-state index in [0.717, 1.165) is 16.9 Å². The molecule has 2 aromatic rings. The van der Waals surface area contributed by atoms with Gasteiger partial charge in [0.25, 0.3) is 0 Å². The molecule has 0 radical (unpaired) electrons. The van der Waals surface area contributed by atoms with Crippen LogP contribution in [0, 0.1) is 20.8 Å². The van der Waals surface area contributed by atoms with Crippen LogP contribution in [0.1, 0.15) is 42.3 Å². The Kier molecular flexibility index (Phi) is 4.29. The number of halogens is 1. The van der Waals surface area contributed by atoms with Crippen LogP contribution in [-0.2, 0) is 0 Å². The van der Waals surface area contributed by atoms with Crippen LogP contribution in [0.4, 0.5) is 0 Å². The van der Waals surface area contributed by atoms with E-state index < -0.39 is 0 Å². The molecule has 0 aliphatic heterocycles. The first-order valence-corrected chi connectivity index (χ1v) is 7.05. The zero-order chi connectivity index (χ0) is 14.9. The first-order valence-electron chi connectivity index (χ1n) is 6.67. The first kappa shape index (κ1) is 14.8. The Morgan fingerprint density at radius 1 is 1.05 bits per heavy atom. The Morgan fingerprint density at radius 3 is 2.40 bits per heavy atom. The Hall–Kier alpha value is -1.61. The maximum absolute atomic E-state index is 6.03. The molecule has 2 rings (SSSR count). The fraction of sp³-hybridized carbons (Fsp3) is 0.375. The lowest BCUT2D eigenvalue weighted by atomic mass is 10.1. The molecule has 106 valence electrons. The molecule has 0 spiro atoms. The Bertz CT molecular complexity index is 639. The lowest BCUT2D eigenvalue weighted by Gasteiger charge is -2.13. The van der Waals surface area contributed by atoms with E-state index in [4.69, 9.17) is 16.3 Å². The van der Waals surface area contributed by atoms with E-state index in [1.807, 2.05) is 33.8 Å². The van der Waals surface area contributed by atoms with Gasteiger partial charge in [-0.05, 0) is 43.5 Å². The van der Waals surface area contributed by atoms with Gasteiger partial charge < -0.3 is 4.74 Å². The van der Waals surface area contributed by atoms with E-state index in [1.165, 1.54) is 5.56 Å². The van der Waals surface area contributed by atoms with Gasteiger partial charge in [-0.3, -0.25) is 0 Å². The number of rotatable bonds is 3. The van der Waals surface area contributed by atoms with Crippen molar-refractivity contribution < 1.29 is 4.74 Å². The first-order chi connectivity index (χ1) is 9.36. The van der Waals surface area contributed by atoms with Crippen LogP contribution in [0.15, 0.2) is 18.2 Å². The number of ether oxygens (including phenoxy) is 1. The summed E-state index contributed by atoms with van der Waals surface area (Å²) >= 11 is 6.03. The third-order valence-corrected chi connectivity index (χ3v) is 3.38. The molecule has 0 unspecified atom stereocenters. The molecular formula is C16H19ClN2O. The van der Waals surface area contributed by atoms with Crippen molar-refractivity contribution in [3.63, 3.8) is 0 Å². The molecular weight excluding hydrogens is 272 g/mol. The summed E-state index contributed by atoms with van der Waals surface area (Å²) in [6.07, 6.45) is 0. The summed E-state index contributed by atoms with van der Waals surface area (Å²) in [6, 6.07) is 5.78. The summed E-state index contributed by atoms with van der Waals surface area (Å²) in [4.78, 5) is 8.62. The monoisotopic (exact) mass is 290 g/mol. The third-order valence-electron chi connectivity index (χ3n) is 3.18. The van der Waals surface area contributed by atoms with Crippen LogP contribution in [0.2, 0.25) is 5.15 Å². The van der Waals surface area contributed by atoms with Gasteiger partial charge in [-0.15, -0.1) is 0 Å². The predicted molar refractivity (Wildman–Crippen MR) is 81.9 cm³/mol. The van der Waals surface area contributed by atoms with Crippen molar-refractivity contribution >= 4 is 11.6 Å². The van der Waals surface area contributed by atoms with E-state index in [-0.39, 0.29) is 5.92 Å². The number of benzene rings is 1. The zero-order valence-electron chi connectivity index (χ0n) is 12.5. The SMILES string of the molecule is Cc1cc(C)c(C)c(Oc2cc(Cl)nc(C(C)C)n2)c1. The molecule has 1 heterocycles. The van der Waals surface area contributed by atoms with Crippen molar-refractivity contribution in [3.8, 4) is 11.6 Å². The van der Waals surface area contributed by atoms with Crippen molar-refractivity contribution in [3.05, 3.63) is 45.9 Å². The van der Waals surface area contributed by atoms with E-state index in [2.05, 4.69) is 23.0 Å². The molecule has 0 saturated carbocycles. The molecule has 3 nitrogen and oxygen atoms in total. The summed E-state index contributed by atoms with van der Waals surface area (Å²) in [5.41, 5.74) is 3.47. The van der Waals surface area contributed by atoms with Gasteiger partial charge in [-0.25, -0.2) is 4.98 Å². The van der Waals surface area contributed by atoms with Crippen molar-refractivity contribution in [2.24, 2.45) is 0 Å². The standard InChI is InChI=1S/C16H19ClN2O/c1-9(2)16-18-14(17)8-15(19-16)20-13-7-10(3)6-11(4)12(13)5/h6-9H,1-5H3. The minimum atomic E-state index is 0.205. The van der Waals surface area contributed by atoms with Crippen LogP contribution in [0.25, 0.3) is 0 Å². The van der Waals surface area contributed by atoms with E-state index in [1.54, 1.807) is 6.07 Å². The second-order valence-electron chi connectivity index (χ2n) is 5.35. The highest BCUT2D eigenvalue weighted by molar-refractivity contribution is 6.29. The van der Waals surface area contributed by atoms with Crippen LogP contribution in [-0.4, -0.2) is 9.97 Å². The molecule has 0 amide bonds. The highest BCUT2D eigenvalue weighted by atomic mass is 35.5. The molecule has 0 aliphatic rings. The second-order valence-corrected chi connectivity index (χ2v) is 5.74. The average Bonchev–Trinajstić information content (AvgIpc) is 2.34. The molecule has 0 atom stereocenters. The van der Waals surface area contributed by atoms with Crippen molar-refractivity contribution in [2.75, 3.05) is 0 Å². The minimum Gasteiger partial charge on any atom is -0.439 e.